The van der Waals surface area contributed by atoms with Crippen LogP contribution in [0.2, 0.25) is 5.02 Å². The van der Waals surface area contributed by atoms with Crippen molar-refractivity contribution in [1.29, 1.82) is 0 Å². The van der Waals surface area contributed by atoms with Crippen molar-refractivity contribution >= 4 is 46.8 Å². The van der Waals surface area contributed by atoms with Gasteiger partial charge in [0.2, 0.25) is 0 Å². The summed E-state index contributed by atoms with van der Waals surface area (Å²) >= 11 is 7.64. The fourth-order valence-corrected chi connectivity index (χ4v) is 5.01. The number of rotatable bonds is 9. The van der Waals surface area contributed by atoms with E-state index in [4.69, 9.17) is 16.3 Å². The Hall–Kier alpha value is -3.49. The summed E-state index contributed by atoms with van der Waals surface area (Å²) in [6.07, 6.45) is -5.65. The van der Waals surface area contributed by atoms with Crippen molar-refractivity contribution < 1.29 is 31.5 Å². The van der Waals surface area contributed by atoms with E-state index >= 15 is 0 Å². The summed E-state index contributed by atoms with van der Waals surface area (Å²) in [5, 5.41) is 4.48. The standard InChI is InChI=1S/C26H25ClF5N5O3S/c1-13-7-8-17(16(29)9-13)34-23-20(24(38)33-12-26(30,31)32)22(14(2)25(39)36(23)3)40-19-6-4-5-18(21(19)27)35-41-37-10-15(28)11-37/h4-9,15,34-35H,10-12H2,1-3H3,(H,33,38). The Morgan fingerprint density at radius 2 is 1.88 bits per heavy atom. The van der Waals surface area contributed by atoms with Gasteiger partial charge in [0.05, 0.1) is 16.9 Å². The van der Waals surface area contributed by atoms with Gasteiger partial charge in [-0.2, -0.15) is 13.2 Å². The predicted molar refractivity (Wildman–Crippen MR) is 148 cm³/mol. The van der Waals surface area contributed by atoms with Gasteiger partial charge in [0, 0.05) is 32.3 Å². The maximum atomic E-state index is 14.7. The van der Waals surface area contributed by atoms with Crippen molar-refractivity contribution in [2.24, 2.45) is 7.05 Å². The van der Waals surface area contributed by atoms with Crippen LogP contribution in [0.15, 0.2) is 41.2 Å². The highest BCUT2D eigenvalue weighted by Crippen LogP contribution is 2.40. The third-order valence-corrected chi connectivity index (χ3v) is 7.34. The third kappa shape index (κ3) is 7.05. The molecule has 41 heavy (non-hydrogen) atoms. The first-order chi connectivity index (χ1) is 19.2. The summed E-state index contributed by atoms with van der Waals surface area (Å²) in [5.41, 5.74) is -0.431. The van der Waals surface area contributed by atoms with Gasteiger partial charge in [-0.1, -0.05) is 23.7 Å². The molecule has 1 aromatic heterocycles. The number of aromatic nitrogens is 1. The first kappa shape index (κ1) is 30.5. The van der Waals surface area contributed by atoms with Crippen molar-refractivity contribution in [3.8, 4) is 11.5 Å². The van der Waals surface area contributed by atoms with Crippen LogP contribution < -0.4 is 25.7 Å². The van der Waals surface area contributed by atoms with E-state index in [0.717, 1.165) is 16.7 Å². The number of ether oxygens (including phenoxy) is 1. The fraction of sp³-hybridized carbons (Fsp3) is 0.308. The first-order valence-corrected chi connectivity index (χ1v) is 13.3. The number of carbonyl (C=O) groups is 1. The Labute approximate surface area is 241 Å². The van der Waals surface area contributed by atoms with Crippen LogP contribution in [0.3, 0.4) is 0 Å². The summed E-state index contributed by atoms with van der Waals surface area (Å²) in [6.45, 7) is 1.77. The molecule has 0 radical (unpaired) electrons. The van der Waals surface area contributed by atoms with Crippen LogP contribution in [0.1, 0.15) is 21.5 Å². The van der Waals surface area contributed by atoms with E-state index in [0.29, 0.717) is 11.3 Å². The second kappa shape index (κ2) is 12.2. The molecule has 3 aromatic rings. The smallest absolute Gasteiger partial charge is 0.405 e. The van der Waals surface area contributed by atoms with E-state index in [-0.39, 0.29) is 46.7 Å². The monoisotopic (exact) mass is 617 g/mol. The molecule has 220 valence electrons. The van der Waals surface area contributed by atoms with Crippen LogP contribution in [0.5, 0.6) is 11.5 Å². The minimum Gasteiger partial charge on any atom is -0.454 e. The van der Waals surface area contributed by atoms with Crippen LogP contribution >= 0.6 is 23.7 Å². The average Bonchev–Trinajstić information content (AvgIpc) is 2.88. The number of carbonyl (C=O) groups excluding carboxylic acids is 1. The number of nitrogens with one attached hydrogen (secondary N) is 3. The van der Waals surface area contributed by atoms with Gasteiger partial charge >= 0.3 is 6.18 Å². The molecule has 0 spiro atoms. The van der Waals surface area contributed by atoms with Crippen LogP contribution in [-0.2, 0) is 7.05 Å². The molecule has 4 rings (SSSR count). The molecule has 2 aromatic carbocycles. The second-order valence-corrected chi connectivity index (χ2v) is 10.6. The normalized spacial score (nSPS) is 14.0. The van der Waals surface area contributed by atoms with Gasteiger partial charge in [-0.25, -0.2) is 13.1 Å². The van der Waals surface area contributed by atoms with E-state index in [1.807, 2.05) is 0 Å². The van der Waals surface area contributed by atoms with Gasteiger partial charge < -0.3 is 20.1 Å². The number of hydrogen-bond acceptors (Lipinski definition) is 7. The molecule has 0 saturated carbocycles. The molecule has 0 unspecified atom stereocenters. The summed E-state index contributed by atoms with van der Waals surface area (Å²) in [6, 6.07) is 8.73. The predicted octanol–water partition coefficient (Wildman–Crippen LogP) is 6.25. The second-order valence-electron chi connectivity index (χ2n) is 9.31. The maximum Gasteiger partial charge on any atom is 0.405 e. The molecule has 2 heterocycles. The maximum absolute atomic E-state index is 14.7. The number of hydrogen-bond donors (Lipinski definition) is 3. The quantitative estimate of drug-likeness (QED) is 0.193. The molecule has 1 saturated heterocycles. The SMILES string of the molecule is Cc1ccc(Nc2c(C(=O)NCC(F)(F)F)c(Oc3cccc(NSN4CC(F)C4)c3Cl)c(C)c(=O)n2C)c(F)c1. The summed E-state index contributed by atoms with van der Waals surface area (Å²) in [5.74, 6) is -2.67. The van der Waals surface area contributed by atoms with Gasteiger partial charge in [0.15, 0.2) is 5.75 Å². The molecular weight excluding hydrogens is 593 g/mol. The summed E-state index contributed by atoms with van der Waals surface area (Å²) < 4.78 is 78.5. The number of benzene rings is 2. The Kier molecular flexibility index (Phi) is 9.04. The van der Waals surface area contributed by atoms with Gasteiger partial charge in [0.25, 0.3) is 11.5 Å². The van der Waals surface area contributed by atoms with Crippen LogP contribution in [-0.4, -0.2) is 46.8 Å². The lowest BCUT2D eigenvalue weighted by Gasteiger charge is -2.32. The van der Waals surface area contributed by atoms with Crippen molar-refractivity contribution in [2.45, 2.75) is 26.2 Å². The number of alkyl halides is 4. The third-order valence-electron chi connectivity index (χ3n) is 6.08. The van der Waals surface area contributed by atoms with E-state index < -0.39 is 41.7 Å². The van der Waals surface area contributed by atoms with Gasteiger partial charge in [-0.05, 0) is 43.7 Å². The molecule has 1 aliphatic heterocycles. The fourth-order valence-electron chi connectivity index (χ4n) is 3.87. The summed E-state index contributed by atoms with van der Waals surface area (Å²) in [7, 11) is 1.28. The highest BCUT2D eigenvalue weighted by atomic mass is 35.5. The molecular formula is C26H25ClF5N5O3S. The highest BCUT2D eigenvalue weighted by Gasteiger charge is 2.32. The van der Waals surface area contributed by atoms with E-state index in [2.05, 4.69) is 10.0 Å². The van der Waals surface area contributed by atoms with E-state index in [9.17, 15) is 31.5 Å². The molecule has 15 heteroatoms. The molecule has 0 bridgehead atoms. The molecule has 0 atom stereocenters. The van der Waals surface area contributed by atoms with Crippen molar-refractivity contribution in [2.75, 3.05) is 29.7 Å². The van der Waals surface area contributed by atoms with Gasteiger partial charge in [-0.15, -0.1) is 0 Å². The van der Waals surface area contributed by atoms with Crippen molar-refractivity contribution in [1.82, 2.24) is 14.2 Å². The first-order valence-electron chi connectivity index (χ1n) is 12.1. The van der Waals surface area contributed by atoms with E-state index in [1.54, 1.807) is 34.7 Å². The number of nitrogens with zero attached hydrogens (tertiary/aromatic N) is 2. The van der Waals surface area contributed by atoms with E-state index in [1.165, 1.54) is 32.2 Å². The lowest BCUT2D eigenvalue weighted by Crippen LogP contribution is -2.44. The lowest BCUT2D eigenvalue weighted by molar-refractivity contribution is -0.123. The van der Waals surface area contributed by atoms with Crippen molar-refractivity contribution in [3.63, 3.8) is 0 Å². The number of halogens is 6. The summed E-state index contributed by atoms with van der Waals surface area (Å²) in [4.78, 5) is 26.4. The molecule has 8 nitrogen and oxygen atoms in total. The zero-order valence-electron chi connectivity index (χ0n) is 22.0. The molecule has 1 fully saturated rings. The molecule has 1 amide bonds. The highest BCUT2D eigenvalue weighted by molar-refractivity contribution is 7.98. The molecule has 3 N–H and O–H groups in total. The molecule has 1 aliphatic rings. The Morgan fingerprint density at radius 3 is 2.51 bits per heavy atom. The van der Waals surface area contributed by atoms with Crippen molar-refractivity contribution in [3.05, 3.63) is 74.3 Å². The number of aryl methyl sites for hydroxylation is 1. The largest absolute Gasteiger partial charge is 0.454 e. The lowest BCUT2D eigenvalue weighted by atomic mass is 10.1. The Morgan fingerprint density at radius 1 is 1.17 bits per heavy atom. The Balaban J connectivity index is 1.78. The Bertz CT molecular complexity index is 1530. The minimum atomic E-state index is -4.73. The topological polar surface area (TPSA) is 87.6 Å². The number of anilines is 3. The van der Waals surface area contributed by atoms with Gasteiger partial charge in [0.1, 0.15) is 40.7 Å². The number of amides is 1. The minimum absolute atomic E-state index is 0.0261. The van der Waals surface area contributed by atoms with Crippen LogP contribution in [0.25, 0.3) is 0 Å². The molecule has 0 aliphatic carbocycles. The van der Waals surface area contributed by atoms with Crippen LogP contribution in [0, 0.1) is 19.7 Å². The zero-order chi connectivity index (χ0) is 30.1. The number of pyridine rings is 1. The van der Waals surface area contributed by atoms with Crippen LogP contribution in [0.4, 0.5) is 39.1 Å². The zero-order valence-corrected chi connectivity index (χ0v) is 23.5. The van der Waals surface area contributed by atoms with Gasteiger partial charge in [-0.3, -0.25) is 14.2 Å². The average molecular weight is 618 g/mol.